The van der Waals surface area contributed by atoms with E-state index in [0.717, 1.165) is 19.3 Å². The maximum absolute atomic E-state index is 11.9. The van der Waals surface area contributed by atoms with Crippen molar-refractivity contribution in [1.29, 1.82) is 0 Å². The second-order valence-electron chi connectivity index (χ2n) is 5.43. The molecule has 1 aliphatic carbocycles. The third-order valence-corrected chi connectivity index (χ3v) is 4.18. The molecule has 2 unspecified atom stereocenters. The van der Waals surface area contributed by atoms with Crippen molar-refractivity contribution in [2.24, 2.45) is 11.7 Å². The highest BCUT2D eigenvalue weighted by molar-refractivity contribution is 7.80. The minimum absolute atomic E-state index is 0.0206. The predicted molar refractivity (Wildman–Crippen MR) is 81.0 cm³/mol. The number of carbonyl (C=O) groups is 1. The summed E-state index contributed by atoms with van der Waals surface area (Å²) in [5.74, 6) is 0.433. The van der Waals surface area contributed by atoms with Crippen LogP contribution in [0.1, 0.15) is 51.9 Å². The summed E-state index contributed by atoms with van der Waals surface area (Å²) in [6.45, 7) is 1.96. The summed E-state index contributed by atoms with van der Waals surface area (Å²) in [5.41, 5.74) is 5.79. The van der Waals surface area contributed by atoms with Gasteiger partial charge in [0.25, 0.3) is 0 Å². The van der Waals surface area contributed by atoms with E-state index in [4.69, 9.17) is 22.7 Å². The molecule has 0 heterocycles. The van der Waals surface area contributed by atoms with Crippen LogP contribution in [0.25, 0.3) is 0 Å². The molecule has 3 N–H and O–H groups in total. The van der Waals surface area contributed by atoms with Crippen LogP contribution in [0.4, 0.5) is 0 Å². The molecule has 1 saturated carbocycles. The molecule has 1 rings (SSSR count). The van der Waals surface area contributed by atoms with Gasteiger partial charge in [0.15, 0.2) is 0 Å². The average molecular weight is 286 g/mol. The summed E-state index contributed by atoms with van der Waals surface area (Å²) in [6.07, 6.45) is 7.19. The van der Waals surface area contributed by atoms with Gasteiger partial charge < -0.3 is 15.8 Å². The molecule has 4 nitrogen and oxygen atoms in total. The van der Waals surface area contributed by atoms with Crippen molar-refractivity contribution in [3.05, 3.63) is 0 Å². The molecule has 1 fully saturated rings. The number of nitrogens with one attached hydrogen (secondary N) is 1. The van der Waals surface area contributed by atoms with E-state index in [2.05, 4.69) is 5.32 Å². The van der Waals surface area contributed by atoms with Crippen LogP contribution in [-0.4, -0.2) is 30.2 Å². The first-order chi connectivity index (χ1) is 9.04. The molecule has 0 bridgehead atoms. The predicted octanol–water partition coefficient (Wildman–Crippen LogP) is 2.15. The fourth-order valence-electron chi connectivity index (χ4n) is 2.59. The number of methoxy groups -OCH3 is 1. The first-order valence-corrected chi connectivity index (χ1v) is 7.57. The standard InChI is InChI=1S/C14H26N2O2S/c1-10(18-2)8-9-12(17)16-13(14(15)19)11-6-4-3-5-7-11/h10-11,13H,3-9H2,1-2H3,(H2,15,19)(H,16,17). The second kappa shape index (κ2) is 8.48. The minimum Gasteiger partial charge on any atom is -0.392 e. The zero-order valence-corrected chi connectivity index (χ0v) is 12.8. The monoisotopic (exact) mass is 286 g/mol. The molecule has 110 valence electrons. The molecule has 1 aliphatic rings. The van der Waals surface area contributed by atoms with Gasteiger partial charge in [-0.3, -0.25) is 4.79 Å². The van der Waals surface area contributed by atoms with Crippen molar-refractivity contribution >= 4 is 23.1 Å². The Morgan fingerprint density at radius 3 is 2.58 bits per heavy atom. The van der Waals surface area contributed by atoms with Crippen molar-refractivity contribution in [2.75, 3.05) is 7.11 Å². The molecule has 1 amide bonds. The molecule has 5 heteroatoms. The highest BCUT2D eigenvalue weighted by Gasteiger charge is 2.27. The molecular weight excluding hydrogens is 260 g/mol. The molecule has 0 aromatic carbocycles. The fraction of sp³-hybridized carbons (Fsp3) is 0.857. The van der Waals surface area contributed by atoms with Gasteiger partial charge in [-0.15, -0.1) is 0 Å². The zero-order valence-electron chi connectivity index (χ0n) is 12.0. The van der Waals surface area contributed by atoms with E-state index in [0.29, 0.717) is 17.3 Å². The number of rotatable bonds is 7. The Morgan fingerprint density at radius 2 is 2.05 bits per heavy atom. The van der Waals surface area contributed by atoms with E-state index in [1.807, 2.05) is 6.92 Å². The molecule has 2 atom stereocenters. The summed E-state index contributed by atoms with van der Waals surface area (Å²) < 4.78 is 5.14. The average Bonchev–Trinajstić information content (AvgIpc) is 2.42. The Labute approximate surface area is 121 Å². The molecule has 0 aromatic heterocycles. The molecule has 0 saturated heterocycles. The Hall–Kier alpha value is -0.680. The third kappa shape index (κ3) is 5.87. The lowest BCUT2D eigenvalue weighted by Gasteiger charge is -2.30. The Morgan fingerprint density at radius 1 is 1.42 bits per heavy atom. The van der Waals surface area contributed by atoms with Gasteiger partial charge in [0.05, 0.1) is 17.1 Å². The number of ether oxygens (including phenoxy) is 1. The lowest BCUT2D eigenvalue weighted by atomic mass is 9.83. The third-order valence-electron chi connectivity index (χ3n) is 3.92. The van der Waals surface area contributed by atoms with Gasteiger partial charge in [0.2, 0.25) is 5.91 Å². The molecule has 0 aromatic rings. The maximum atomic E-state index is 11.9. The lowest BCUT2D eigenvalue weighted by molar-refractivity contribution is -0.122. The number of amides is 1. The van der Waals surface area contributed by atoms with Crippen molar-refractivity contribution in [2.45, 2.75) is 64.0 Å². The van der Waals surface area contributed by atoms with Gasteiger partial charge in [-0.25, -0.2) is 0 Å². The van der Waals surface area contributed by atoms with Crippen LogP contribution in [-0.2, 0) is 9.53 Å². The first-order valence-electron chi connectivity index (χ1n) is 7.16. The van der Waals surface area contributed by atoms with Crippen LogP contribution in [0.5, 0.6) is 0 Å². The molecule has 0 radical (unpaired) electrons. The van der Waals surface area contributed by atoms with Crippen molar-refractivity contribution in [1.82, 2.24) is 5.32 Å². The van der Waals surface area contributed by atoms with Crippen LogP contribution >= 0.6 is 12.2 Å². The van der Waals surface area contributed by atoms with Gasteiger partial charge in [0, 0.05) is 13.5 Å². The van der Waals surface area contributed by atoms with E-state index in [1.165, 1.54) is 19.3 Å². The normalized spacial score (nSPS) is 19.7. The fourth-order valence-corrected chi connectivity index (χ4v) is 2.84. The topological polar surface area (TPSA) is 64.3 Å². The number of hydrogen-bond acceptors (Lipinski definition) is 3. The summed E-state index contributed by atoms with van der Waals surface area (Å²) in [5, 5.41) is 3.00. The quantitative estimate of drug-likeness (QED) is 0.704. The lowest BCUT2D eigenvalue weighted by Crippen LogP contribution is -2.48. The van der Waals surface area contributed by atoms with Gasteiger partial charge in [-0.2, -0.15) is 0 Å². The number of thiocarbonyl (C=S) groups is 1. The van der Waals surface area contributed by atoms with Crippen LogP contribution in [0.3, 0.4) is 0 Å². The van der Waals surface area contributed by atoms with E-state index in [1.54, 1.807) is 7.11 Å². The first kappa shape index (κ1) is 16.4. The smallest absolute Gasteiger partial charge is 0.220 e. The number of nitrogens with two attached hydrogens (primary N) is 1. The number of carbonyl (C=O) groups excluding carboxylic acids is 1. The number of hydrogen-bond donors (Lipinski definition) is 2. The van der Waals surface area contributed by atoms with Gasteiger partial charge in [-0.05, 0) is 32.1 Å². The van der Waals surface area contributed by atoms with Crippen molar-refractivity contribution in [3.63, 3.8) is 0 Å². The Bertz CT molecular complexity index is 304. The Kier molecular flexibility index (Phi) is 7.31. The summed E-state index contributed by atoms with van der Waals surface area (Å²) in [7, 11) is 1.66. The summed E-state index contributed by atoms with van der Waals surface area (Å²) in [6, 6.07) is -0.138. The van der Waals surface area contributed by atoms with Gasteiger partial charge in [-0.1, -0.05) is 31.5 Å². The van der Waals surface area contributed by atoms with E-state index in [-0.39, 0.29) is 18.1 Å². The minimum atomic E-state index is -0.138. The van der Waals surface area contributed by atoms with Crippen LogP contribution in [0.2, 0.25) is 0 Å². The van der Waals surface area contributed by atoms with Crippen LogP contribution < -0.4 is 11.1 Å². The molecule has 0 aliphatic heterocycles. The van der Waals surface area contributed by atoms with Gasteiger partial charge >= 0.3 is 0 Å². The molecular formula is C14H26N2O2S. The highest BCUT2D eigenvalue weighted by Crippen LogP contribution is 2.26. The summed E-state index contributed by atoms with van der Waals surface area (Å²) in [4.78, 5) is 12.4. The van der Waals surface area contributed by atoms with E-state index in [9.17, 15) is 4.79 Å². The van der Waals surface area contributed by atoms with Crippen LogP contribution in [0, 0.1) is 5.92 Å². The Balaban J connectivity index is 2.44. The zero-order chi connectivity index (χ0) is 14.3. The van der Waals surface area contributed by atoms with Crippen LogP contribution in [0.15, 0.2) is 0 Å². The maximum Gasteiger partial charge on any atom is 0.220 e. The van der Waals surface area contributed by atoms with E-state index >= 15 is 0 Å². The summed E-state index contributed by atoms with van der Waals surface area (Å²) >= 11 is 5.11. The van der Waals surface area contributed by atoms with Crippen molar-refractivity contribution in [3.8, 4) is 0 Å². The van der Waals surface area contributed by atoms with Gasteiger partial charge in [0.1, 0.15) is 0 Å². The van der Waals surface area contributed by atoms with E-state index < -0.39 is 0 Å². The molecule has 19 heavy (non-hydrogen) atoms. The largest absolute Gasteiger partial charge is 0.392 e. The van der Waals surface area contributed by atoms with Crippen molar-refractivity contribution < 1.29 is 9.53 Å². The SMILES string of the molecule is COC(C)CCC(=O)NC(C(N)=S)C1CCCCC1. The molecule has 0 spiro atoms. The second-order valence-corrected chi connectivity index (χ2v) is 5.90. The highest BCUT2D eigenvalue weighted by atomic mass is 32.1.